The van der Waals surface area contributed by atoms with E-state index in [-0.39, 0.29) is 0 Å². The molecule has 1 rings (SSSR count). The zero-order chi connectivity index (χ0) is 13.2. The van der Waals surface area contributed by atoms with Crippen LogP contribution in [0.2, 0.25) is 0 Å². The smallest absolute Gasteiger partial charge is 0.271 e. The molecular formula is C12H22O3S. The van der Waals surface area contributed by atoms with Crippen LogP contribution in [0.25, 0.3) is 0 Å². The molecule has 0 saturated heterocycles. The molecule has 0 aliphatic heterocycles. The van der Waals surface area contributed by atoms with Crippen LogP contribution < -0.4 is 0 Å². The Morgan fingerprint density at radius 2 is 1.38 bits per heavy atom. The molecule has 0 radical (unpaired) electrons. The highest BCUT2D eigenvalue weighted by Crippen LogP contribution is 2.19. The molecule has 0 aliphatic rings. The fraction of sp³-hybridized carbons (Fsp3) is 0.500. The normalized spacial score (nSPS) is 11.4. The van der Waals surface area contributed by atoms with Gasteiger partial charge in [-0.2, -0.15) is 8.42 Å². The second kappa shape index (κ2) is 9.36. The SMILES string of the molecule is CC.CC.CC(c1ccccc1)S(=O)(=O)O. The van der Waals surface area contributed by atoms with Gasteiger partial charge in [0.1, 0.15) is 5.25 Å². The highest BCUT2D eigenvalue weighted by atomic mass is 32.2. The Morgan fingerprint density at radius 1 is 1.00 bits per heavy atom. The lowest BCUT2D eigenvalue weighted by molar-refractivity contribution is 0.472. The molecule has 0 aromatic heterocycles. The summed E-state index contributed by atoms with van der Waals surface area (Å²) < 4.78 is 30.1. The van der Waals surface area contributed by atoms with E-state index < -0.39 is 15.4 Å². The summed E-state index contributed by atoms with van der Waals surface area (Å²) in [4.78, 5) is 0. The van der Waals surface area contributed by atoms with Gasteiger partial charge < -0.3 is 0 Å². The average molecular weight is 246 g/mol. The minimum atomic E-state index is -3.96. The van der Waals surface area contributed by atoms with Gasteiger partial charge in [0.15, 0.2) is 0 Å². The maximum absolute atomic E-state index is 10.7. The first kappa shape index (κ1) is 17.5. The van der Waals surface area contributed by atoms with Crippen molar-refractivity contribution in [3.05, 3.63) is 35.9 Å². The third kappa shape index (κ3) is 6.58. The largest absolute Gasteiger partial charge is 0.285 e. The second-order valence-electron chi connectivity index (χ2n) is 2.57. The molecule has 94 valence electrons. The minimum Gasteiger partial charge on any atom is -0.285 e. The zero-order valence-electron chi connectivity index (χ0n) is 10.6. The average Bonchev–Trinajstić information content (AvgIpc) is 2.33. The van der Waals surface area contributed by atoms with Crippen LogP contribution in [0.15, 0.2) is 30.3 Å². The molecule has 0 amide bonds. The predicted octanol–water partition coefficient (Wildman–Crippen LogP) is 3.69. The first-order chi connectivity index (χ1) is 7.52. The van der Waals surface area contributed by atoms with Gasteiger partial charge in [-0.3, -0.25) is 4.55 Å². The molecular weight excluding hydrogens is 224 g/mol. The summed E-state index contributed by atoms with van der Waals surface area (Å²) >= 11 is 0. The van der Waals surface area contributed by atoms with Crippen LogP contribution in [-0.2, 0) is 10.1 Å². The summed E-state index contributed by atoms with van der Waals surface area (Å²) in [7, 11) is -3.96. The molecule has 1 atom stereocenters. The summed E-state index contributed by atoms with van der Waals surface area (Å²) in [5.74, 6) is 0. The van der Waals surface area contributed by atoms with E-state index in [1.807, 2.05) is 27.7 Å². The predicted molar refractivity (Wildman–Crippen MR) is 69.1 cm³/mol. The molecule has 0 heterocycles. The lowest BCUT2D eigenvalue weighted by Gasteiger charge is -2.06. The van der Waals surface area contributed by atoms with E-state index >= 15 is 0 Å². The van der Waals surface area contributed by atoms with E-state index in [4.69, 9.17) is 4.55 Å². The quantitative estimate of drug-likeness (QED) is 0.810. The number of rotatable bonds is 2. The van der Waals surface area contributed by atoms with E-state index in [0.29, 0.717) is 5.56 Å². The molecule has 0 fully saturated rings. The van der Waals surface area contributed by atoms with Gasteiger partial charge >= 0.3 is 0 Å². The Labute approximate surface area is 99.3 Å². The molecule has 1 unspecified atom stereocenters. The summed E-state index contributed by atoms with van der Waals surface area (Å²) in [5, 5.41) is -0.848. The number of hydrogen-bond acceptors (Lipinski definition) is 2. The van der Waals surface area contributed by atoms with Gasteiger partial charge in [-0.1, -0.05) is 58.0 Å². The highest BCUT2D eigenvalue weighted by molar-refractivity contribution is 7.86. The Bertz CT molecular complexity index is 344. The van der Waals surface area contributed by atoms with Gasteiger partial charge in [0.25, 0.3) is 10.1 Å². The van der Waals surface area contributed by atoms with Crippen molar-refractivity contribution in [2.45, 2.75) is 39.9 Å². The monoisotopic (exact) mass is 246 g/mol. The number of benzene rings is 1. The third-order valence-corrected chi connectivity index (χ3v) is 2.88. The lowest BCUT2D eigenvalue weighted by atomic mass is 10.2. The standard InChI is InChI=1S/C8H10O3S.2C2H6/c1-7(12(9,10)11)8-5-3-2-4-6-8;2*1-2/h2-7H,1H3,(H,9,10,11);2*1-2H3. The molecule has 16 heavy (non-hydrogen) atoms. The van der Waals surface area contributed by atoms with Crippen molar-refractivity contribution >= 4 is 10.1 Å². The second-order valence-corrected chi connectivity index (χ2v) is 4.30. The molecule has 0 spiro atoms. The van der Waals surface area contributed by atoms with Gasteiger partial charge in [0, 0.05) is 0 Å². The van der Waals surface area contributed by atoms with E-state index in [2.05, 4.69) is 0 Å². The summed E-state index contributed by atoms with van der Waals surface area (Å²) in [6.07, 6.45) is 0. The third-order valence-electron chi connectivity index (χ3n) is 1.72. The lowest BCUT2D eigenvalue weighted by Crippen LogP contribution is -2.07. The van der Waals surface area contributed by atoms with Gasteiger partial charge in [0.05, 0.1) is 0 Å². The van der Waals surface area contributed by atoms with E-state index in [1.54, 1.807) is 30.3 Å². The van der Waals surface area contributed by atoms with Gasteiger partial charge in [-0.15, -0.1) is 0 Å². The zero-order valence-corrected chi connectivity index (χ0v) is 11.5. The summed E-state index contributed by atoms with van der Waals surface area (Å²) in [6.45, 7) is 9.45. The van der Waals surface area contributed by atoms with Crippen LogP contribution >= 0.6 is 0 Å². The van der Waals surface area contributed by atoms with Crippen molar-refractivity contribution in [3.63, 3.8) is 0 Å². The fourth-order valence-corrected chi connectivity index (χ4v) is 1.40. The first-order valence-corrected chi connectivity index (χ1v) is 7.03. The highest BCUT2D eigenvalue weighted by Gasteiger charge is 2.18. The Hall–Kier alpha value is -0.870. The molecule has 1 aromatic rings. The van der Waals surface area contributed by atoms with Crippen molar-refractivity contribution in [1.29, 1.82) is 0 Å². The molecule has 1 aromatic carbocycles. The van der Waals surface area contributed by atoms with Crippen LogP contribution in [0.3, 0.4) is 0 Å². The molecule has 0 aliphatic carbocycles. The van der Waals surface area contributed by atoms with E-state index in [1.165, 1.54) is 6.92 Å². The van der Waals surface area contributed by atoms with Crippen molar-refractivity contribution in [2.75, 3.05) is 0 Å². The molecule has 4 heteroatoms. The summed E-state index contributed by atoms with van der Waals surface area (Å²) in [6, 6.07) is 8.59. The fourth-order valence-electron chi connectivity index (χ4n) is 0.896. The van der Waals surface area contributed by atoms with Crippen LogP contribution in [0, 0.1) is 0 Å². The molecule has 0 saturated carbocycles. The maximum atomic E-state index is 10.7. The molecule has 3 nitrogen and oxygen atoms in total. The Kier molecular flexibility index (Phi) is 10.3. The van der Waals surface area contributed by atoms with Crippen molar-refractivity contribution in [2.24, 2.45) is 0 Å². The minimum absolute atomic E-state index is 0.597. The molecule has 0 bridgehead atoms. The van der Waals surface area contributed by atoms with Crippen molar-refractivity contribution in [3.8, 4) is 0 Å². The maximum Gasteiger partial charge on any atom is 0.271 e. The van der Waals surface area contributed by atoms with Crippen LogP contribution in [0.1, 0.15) is 45.4 Å². The number of hydrogen-bond donors (Lipinski definition) is 1. The van der Waals surface area contributed by atoms with Crippen molar-refractivity contribution in [1.82, 2.24) is 0 Å². The van der Waals surface area contributed by atoms with Crippen molar-refractivity contribution < 1.29 is 13.0 Å². The van der Waals surface area contributed by atoms with Crippen LogP contribution in [-0.4, -0.2) is 13.0 Å². The summed E-state index contributed by atoms with van der Waals surface area (Å²) in [5.41, 5.74) is 0.597. The first-order valence-electron chi connectivity index (χ1n) is 5.53. The molecule has 1 N–H and O–H groups in total. The van der Waals surface area contributed by atoms with Gasteiger partial charge in [-0.05, 0) is 12.5 Å². The van der Waals surface area contributed by atoms with E-state index in [9.17, 15) is 8.42 Å². The Balaban J connectivity index is 0. The van der Waals surface area contributed by atoms with Gasteiger partial charge in [-0.25, -0.2) is 0 Å². The van der Waals surface area contributed by atoms with E-state index in [0.717, 1.165) is 0 Å². The Morgan fingerprint density at radius 3 is 1.69 bits per heavy atom. The topological polar surface area (TPSA) is 54.4 Å². The van der Waals surface area contributed by atoms with Crippen LogP contribution in [0.5, 0.6) is 0 Å². The van der Waals surface area contributed by atoms with Gasteiger partial charge in [0.2, 0.25) is 0 Å². The van der Waals surface area contributed by atoms with Crippen LogP contribution in [0.4, 0.5) is 0 Å².